The molecule has 1 amide bonds. The number of ketones is 1. The quantitative estimate of drug-likeness (QED) is 0.348. The van der Waals surface area contributed by atoms with Crippen LogP contribution in [0, 0.1) is 6.92 Å². The number of aromatic hydroxyl groups is 1. The highest BCUT2D eigenvalue weighted by Crippen LogP contribution is 2.43. The van der Waals surface area contributed by atoms with Crippen LogP contribution in [0.25, 0.3) is 5.76 Å². The summed E-state index contributed by atoms with van der Waals surface area (Å²) in [7, 11) is 0. The maximum Gasteiger partial charge on any atom is 0.300 e. The maximum absolute atomic E-state index is 13.2. The minimum Gasteiger partial charge on any atom is -0.508 e. The van der Waals surface area contributed by atoms with E-state index < -0.39 is 17.7 Å². The lowest BCUT2D eigenvalue weighted by molar-refractivity contribution is -0.132. The van der Waals surface area contributed by atoms with Crippen LogP contribution in [0.3, 0.4) is 0 Å². The Morgan fingerprint density at radius 3 is 2.47 bits per heavy atom. The minimum atomic E-state index is -0.904. The minimum absolute atomic E-state index is 0.00351. The van der Waals surface area contributed by atoms with Gasteiger partial charge in [-0.15, -0.1) is 0 Å². The third-order valence-corrected chi connectivity index (χ3v) is 5.42. The molecule has 0 spiro atoms. The number of aliphatic hydroxyl groups excluding tert-OH is 1. The van der Waals surface area contributed by atoms with Crippen molar-refractivity contribution in [1.29, 1.82) is 0 Å². The molecule has 1 unspecified atom stereocenters. The van der Waals surface area contributed by atoms with Crippen molar-refractivity contribution in [2.45, 2.75) is 19.9 Å². The van der Waals surface area contributed by atoms with Crippen LogP contribution in [0.4, 0.5) is 5.69 Å². The van der Waals surface area contributed by atoms with Gasteiger partial charge in [-0.2, -0.15) is 0 Å². The van der Waals surface area contributed by atoms with Crippen LogP contribution < -0.4 is 9.64 Å². The number of aliphatic hydroxyl groups is 1. The average molecular weight is 429 g/mol. The Bertz CT molecular complexity index is 1230. The van der Waals surface area contributed by atoms with Gasteiger partial charge in [0.1, 0.15) is 17.3 Å². The number of Topliss-reactive ketones (excluding diaryl/α,β-unsaturated/α-hetero) is 1. The molecule has 1 heterocycles. The molecule has 6 heteroatoms. The molecule has 3 aromatic carbocycles. The van der Waals surface area contributed by atoms with Gasteiger partial charge in [0.15, 0.2) is 0 Å². The number of hydrogen-bond donors (Lipinski definition) is 2. The molecule has 0 bridgehead atoms. The molecular formula is C26H23NO5. The first-order valence-corrected chi connectivity index (χ1v) is 10.3. The Labute approximate surface area is 186 Å². The van der Waals surface area contributed by atoms with E-state index in [0.717, 1.165) is 5.56 Å². The molecule has 1 aliphatic rings. The Balaban J connectivity index is 1.95. The molecule has 0 aliphatic carbocycles. The molecule has 162 valence electrons. The molecule has 4 rings (SSSR count). The zero-order valence-electron chi connectivity index (χ0n) is 17.8. The smallest absolute Gasteiger partial charge is 0.300 e. The van der Waals surface area contributed by atoms with E-state index in [1.54, 1.807) is 48.5 Å². The first-order chi connectivity index (χ1) is 15.4. The van der Waals surface area contributed by atoms with Crippen LogP contribution in [-0.4, -0.2) is 28.5 Å². The van der Waals surface area contributed by atoms with Crippen molar-refractivity contribution < 1.29 is 24.5 Å². The summed E-state index contributed by atoms with van der Waals surface area (Å²) in [6.07, 6.45) is 0. The zero-order valence-corrected chi connectivity index (χ0v) is 17.8. The van der Waals surface area contributed by atoms with E-state index in [4.69, 9.17) is 4.74 Å². The van der Waals surface area contributed by atoms with Gasteiger partial charge in [0.2, 0.25) is 0 Å². The van der Waals surface area contributed by atoms with E-state index in [2.05, 4.69) is 0 Å². The fourth-order valence-corrected chi connectivity index (χ4v) is 3.98. The van der Waals surface area contributed by atoms with Crippen LogP contribution in [-0.2, 0) is 9.59 Å². The molecule has 0 saturated carbocycles. The predicted molar refractivity (Wildman–Crippen MR) is 122 cm³/mol. The molecule has 1 atom stereocenters. The Kier molecular flexibility index (Phi) is 5.69. The molecule has 6 nitrogen and oxygen atoms in total. The van der Waals surface area contributed by atoms with Gasteiger partial charge >= 0.3 is 0 Å². The summed E-state index contributed by atoms with van der Waals surface area (Å²) in [6, 6.07) is 19.4. The standard InChI is InChI=1S/C26H23NO5/c1-3-32-20-12-7-10-18(15-20)24(29)22-23(17-9-6-11-19(28)14-17)27(26(31)25(22)30)21-13-5-4-8-16(21)2/h4-15,23,28-29H,3H2,1-2H3/b24-22-. The van der Waals surface area contributed by atoms with Gasteiger partial charge in [-0.05, 0) is 55.3 Å². The molecule has 0 radical (unpaired) electrons. The molecule has 3 aromatic rings. The average Bonchev–Trinajstić information content (AvgIpc) is 3.05. The number of hydrogen-bond acceptors (Lipinski definition) is 5. The molecule has 2 N–H and O–H groups in total. The van der Waals surface area contributed by atoms with Crippen LogP contribution in [0.15, 0.2) is 78.4 Å². The lowest BCUT2D eigenvalue weighted by Gasteiger charge is -2.26. The van der Waals surface area contributed by atoms with Gasteiger partial charge in [-0.25, -0.2) is 0 Å². The van der Waals surface area contributed by atoms with Crippen LogP contribution >= 0.6 is 0 Å². The number of nitrogens with zero attached hydrogens (tertiary/aromatic N) is 1. The lowest BCUT2D eigenvalue weighted by Crippen LogP contribution is -2.30. The van der Waals surface area contributed by atoms with E-state index >= 15 is 0 Å². The number of carbonyl (C=O) groups is 2. The van der Waals surface area contributed by atoms with E-state index in [1.165, 1.54) is 17.0 Å². The van der Waals surface area contributed by atoms with Gasteiger partial charge in [-0.3, -0.25) is 14.5 Å². The first kappa shape index (κ1) is 21.2. The fourth-order valence-electron chi connectivity index (χ4n) is 3.98. The van der Waals surface area contributed by atoms with Gasteiger partial charge in [-0.1, -0.05) is 42.5 Å². The molecule has 32 heavy (non-hydrogen) atoms. The number of phenols is 1. The molecular weight excluding hydrogens is 406 g/mol. The number of carbonyl (C=O) groups excluding carboxylic acids is 2. The lowest BCUT2D eigenvalue weighted by atomic mass is 9.94. The number of amides is 1. The predicted octanol–water partition coefficient (Wildman–Crippen LogP) is 4.73. The Morgan fingerprint density at radius 1 is 1.00 bits per heavy atom. The number of aryl methyl sites for hydroxylation is 1. The number of benzene rings is 3. The zero-order chi connectivity index (χ0) is 22.8. The summed E-state index contributed by atoms with van der Waals surface area (Å²) >= 11 is 0. The molecule has 1 aliphatic heterocycles. The van der Waals surface area contributed by atoms with Gasteiger partial charge in [0.05, 0.1) is 18.2 Å². The van der Waals surface area contributed by atoms with E-state index in [-0.39, 0.29) is 17.1 Å². The maximum atomic E-state index is 13.2. The highest BCUT2D eigenvalue weighted by Gasteiger charge is 2.47. The summed E-state index contributed by atoms with van der Waals surface area (Å²) in [4.78, 5) is 27.8. The first-order valence-electron chi connectivity index (χ1n) is 10.3. The van der Waals surface area contributed by atoms with Crippen molar-refractivity contribution in [2.75, 3.05) is 11.5 Å². The highest BCUT2D eigenvalue weighted by molar-refractivity contribution is 6.51. The summed E-state index contributed by atoms with van der Waals surface area (Å²) in [5, 5.41) is 21.3. The summed E-state index contributed by atoms with van der Waals surface area (Å²) in [5.41, 5.74) is 2.19. The van der Waals surface area contributed by atoms with E-state index in [0.29, 0.717) is 29.2 Å². The largest absolute Gasteiger partial charge is 0.508 e. The van der Waals surface area contributed by atoms with Crippen molar-refractivity contribution in [1.82, 2.24) is 0 Å². The van der Waals surface area contributed by atoms with Crippen LogP contribution in [0.1, 0.15) is 29.7 Å². The SMILES string of the molecule is CCOc1cccc(/C(O)=C2/C(=O)C(=O)N(c3ccccc3C)C2c2cccc(O)c2)c1. The van der Waals surface area contributed by atoms with Crippen molar-refractivity contribution in [3.63, 3.8) is 0 Å². The normalized spacial score (nSPS) is 17.6. The van der Waals surface area contributed by atoms with Crippen molar-refractivity contribution in [3.05, 3.63) is 95.1 Å². The number of rotatable bonds is 5. The number of anilines is 1. The molecule has 1 fully saturated rings. The van der Waals surface area contributed by atoms with Crippen LogP contribution in [0.2, 0.25) is 0 Å². The monoisotopic (exact) mass is 429 g/mol. The molecule has 0 aromatic heterocycles. The number of phenolic OH excluding ortho intramolecular Hbond substituents is 1. The van der Waals surface area contributed by atoms with Gasteiger partial charge in [0.25, 0.3) is 11.7 Å². The second-order valence-corrected chi connectivity index (χ2v) is 7.51. The topological polar surface area (TPSA) is 87.1 Å². The number of ether oxygens (including phenoxy) is 1. The van der Waals surface area contributed by atoms with Crippen molar-refractivity contribution in [3.8, 4) is 11.5 Å². The fraction of sp³-hybridized carbons (Fsp3) is 0.154. The van der Waals surface area contributed by atoms with Crippen molar-refractivity contribution >= 4 is 23.1 Å². The van der Waals surface area contributed by atoms with E-state index in [9.17, 15) is 19.8 Å². The van der Waals surface area contributed by atoms with E-state index in [1.807, 2.05) is 26.0 Å². The van der Waals surface area contributed by atoms with Gasteiger partial charge < -0.3 is 14.9 Å². The summed E-state index contributed by atoms with van der Waals surface area (Å²) < 4.78 is 5.51. The van der Waals surface area contributed by atoms with Crippen molar-refractivity contribution in [2.24, 2.45) is 0 Å². The van der Waals surface area contributed by atoms with Gasteiger partial charge in [0, 0.05) is 11.3 Å². The second-order valence-electron chi connectivity index (χ2n) is 7.51. The summed E-state index contributed by atoms with van der Waals surface area (Å²) in [5.74, 6) is -1.29. The number of para-hydroxylation sites is 1. The Hall–Kier alpha value is -4.06. The second kappa shape index (κ2) is 8.59. The third-order valence-electron chi connectivity index (χ3n) is 5.42. The third kappa shape index (κ3) is 3.71. The Morgan fingerprint density at radius 2 is 1.75 bits per heavy atom. The summed E-state index contributed by atoms with van der Waals surface area (Å²) in [6.45, 7) is 4.15. The van der Waals surface area contributed by atoms with Crippen LogP contribution in [0.5, 0.6) is 11.5 Å². The highest BCUT2D eigenvalue weighted by atomic mass is 16.5. The molecule has 1 saturated heterocycles.